The molecule has 0 radical (unpaired) electrons. The van der Waals surface area contributed by atoms with Crippen LogP contribution in [0.4, 0.5) is 11.4 Å². The Labute approximate surface area is 186 Å². The molecule has 1 heterocycles. The molecule has 3 N–H and O–H groups in total. The molecule has 7 heteroatoms. The second-order valence-corrected chi connectivity index (χ2v) is 7.94. The van der Waals surface area contributed by atoms with E-state index in [1.807, 2.05) is 48.5 Å². The Balaban J connectivity index is 1.35. The topological polar surface area (TPSA) is 66.2 Å². The predicted octanol–water partition coefficient (Wildman–Crippen LogP) is 3.18. The molecule has 3 aromatic carbocycles. The molecule has 160 valence electrons. The number of ether oxygens (including phenoxy) is 1. The minimum absolute atomic E-state index is 0.0915. The van der Waals surface area contributed by atoms with Gasteiger partial charge in [-0.2, -0.15) is 0 Å². The van der Waals surface area contributed by atoms with Gasteiger partial charge in [0.2, 0.25) is 0 Å². The summed E-state index contributed by atoms with van der Waals surface area (Å²) in [5, 5.41) is 13.5. The maximum atomic E-state index is 12.7. The number of amides is 1. The highest BCUT2D eigenvalue weighted by atomic mass is 35.5. The molecule has 0 atom stereocenters. The zero-order chi connectivity index (χ0) is 21.6. The minimum atomic E-state index is -0.0915. The van der Waals surface area contributed by atoms with E-state index in [0.29, 0.717) is 28.8 Å². The lowest BCUT2D eigenvalue weighted by molar-refractivity contribution is -0.892. The molecule has 3 aromatic rings. The number of benzene rings is 3. The number of nitrogens with zero attached hydrogens (tertiary/aromatic N) is 1. The number of para-hydroxylation sites is 3. The smallest absolute Gasteiger partial charge is 0.279 e. The number of rotatable bonds is 6. The summed E-state index contributed by atoms with van der Waals surface area (Å²) in [5.74, 6) is 1.43. The highest BCUT2D eigenvalue weighted by molar-refractivity contribution is 6.31. The minimum Gasteiger partial charge on any atom is -0.506 e. The molecule has 1 aliphatic rings. The van der Waals surface area contributed by atoms with E-state index in [4.69, 9.17) is 16.3 Å². The van der Waals surface area contributed by atoms with Crippen LogP contribution in [0.5, 0.6) is 17.2 Å². The summed E-state index contributed by atoms with van der Waals surface area (Å²) >= 11 is 6.14. The third-order valence-corrected chi connectivity index (χ3v) is 5.53. The number of piperazine rings is 1. The van der Waals surface area contributed by atoms with Gasteiger partial charge in [0.25, 0.3) is 5.91 Å². The lowest BCUT2D eigenvalue weighted by Gasteiger charge is -2.33. The van der Waals surface area contributed by atoms with Crippen LogP contribution in [-0.2, 0) is 4.79 Å². The van der Waals surface area contributed by atoms with Crippen molar-refractivity contribution in [3.63, 3.8) is 0 Å². The van der Waals surface area contributed by atoms with Gasteiger partial charge in [0, 0.05) is 5.02 Å². The second kappa shape index (κ2) is 9.73. The highest BCUT2D eigenvalue weighted by Crippen LogP contribution is 2.32. The third kappa shape index (κ3) is 5.48. The third-order valence-electron chi connectivity index (χ3n) is 5.29. The Morgan fingerprint density at radius 2 is 1.74 bits per heavy atom. The predicted molar refractivity (Wildman–Crippen MR) is 122 cm³/mol. The van der Waals surface area contributed by atoms with Crippen LogP contribution < -0.4 is 19.9 Å². The molecule has 1 saturated heterocycles. The molecule has 0 aromatic heterocycles. The number of aromatic hydroxyl groups is 1. The van der Waals surface area contributed by atoms with Crippen LogP contribution >= 0.6 is 11.6 Å². The summed E-state index contributed by atoms with van der Waals surface area (Å²) in [6.45, 7) is 3.53. The fraction of sp³-hybridized carbons (Fsp3) is 0.208. The van der Waals surface area contributed by atoms with E-state index in [-0.39, 0.29) is 11.7 Å². The lowest BCUT2D eigenvalue weighted by Crippen LogP contribution is -3.15. The van der Waals surface area contributed by atoms with Crippen molar-refractivity contribution in [1.29, 1.82) is 0 Å². The summed E-state index contributed by atoms with van der Waals surface area (Å²) < 4.78 is 5.92. The number of halogens is 1. The molecule has 0 unspecified atom stereocenters. The zero-order valence-electron chi connectivity index (χ0n) is 17.1. The van der Waals surface area contributed by atoms with E-state index in [2.05, 4.69) is 10.2 Å². The Bertz CT molecular complexity index is 1040. The molecule has 1 aliphatic heterocycles. The van der Waals surface area contributed by atoms with Gasteiger partial charge in [-0.25, -0.2) is 0 Å². The van der Waals surface area contributed by atoms with Crippen molar-refractivity contribution in [2.24, 2.45) is 0 Å². The second-order valence-electron chi connectivity index (χ2n) is 7.51. The molecule has 4 rings (SSSR count). The molecule has 31 heavy (non-hydrogen) atoms. The average molecular weight is 439 g/mol. The maximum Gasteiger partial charge on any atom is 0.279 e. The number of phenolic OH excluding ortho intramolecular Hbond substituents is 1. The van der Waals surface area contributed by atoms with E-state index in [9.17, 15) is 9.90 Å². The van der Waals surface area contributed by atoms with Crippen molar-refractivity contribution in [3.05, 3.63) is 77.8 Å². The quantitative estimate of drug-likeness (QED) is 0.553. The van der Waals surface area contributed by atoms with Crippen LogP contribution in [0.3, 0.4) is 0 Å². The monoisotopic (exact) mass is 438 g/mol. The molecule has 0 spiro atoms. The van der Waals surface area contributed by atoms with Crippen molar-refractivity contribution in [1.82, 2.24) is 0 Å². The number of quaternary nitrogens is 1. The summed E-state index contributed by atoms with van der Waals surface area (Å²) in [5.41, 5.74) is 1.39. The SMILES string of the molecule is O=C(C[NH+]1CCN(c2ccccc2O)CC1)Nc1cc(Cl)ccc1Oc1ccccc1. The van der Waals surface area contributed by atoms with E-state index in [0.717, 1.165) is 31.9 Å². The molecule has 0 aliphatic carbocycles. The number of hydrogen-bond acceptors (Lipinski definition) is 4. The van der Waals surface area contributed by atoms with Gasteiger partial charge in [0.05, 0.1) is 37.6 Å². The van der Waals surface area contributed by atoms with Crippen LogP contribution in [0.25, 0.3) is 0 Å². The molecule has 0 saturated carbocycles. The van der Waals surface area contributed by atoms with E-state index in [1.54, 1.807) is 24.3 Å². The van der Waals surface area contributed by atoms with Crippen LogP contribution in [0.1, 0.15) is 0 Å². The van der Waals surface area contributed by atoms with Gasteiger partial charge >= 0.3 is 0 Å². The lowest BCUT2D eigenvalue weighted by atomic mass is 10.2. The van der Waals surface area contributed by atoms with Crippen LogP contribution in [0.15, 0.2) is 72.8 Å². The Morgan fingerprint density at radius 1 is 1.03 bits per heavy atom. The molecule has 6 nitrogen and oxygen atoms in total. The van der Waals surface area contributed by atoms with Crippen LogP contribution in [0.2, 0.25) is 5.02 Å². The number of phenols is 1. The Hall–Kier alpha value is -3.22. The van der Waals surface area contributed by atoms with Crippen molar-refractivity contribution in [2.45, 2.75) is 0 Å². The first kappa shape index (κ1) is 21.0. The van der Waals surface area contributed by atoms with Gasteiger partial charge in [-0.3, -0.25) is 4.79 Å². The number of anilines is 2. The average Bonchev–Trinajstić information content (AvgIpc) is 2.77. The number of carbonyl (C=O) groups is 1. The Kier molecular flexibility index (Phi) is 6.60. The summed E-state index contributed by atoms with van der Waals surface area (Å²) in [6.07, 6.45) is 0. The van der Waals surface area contributed by atoms with Gasteiger partial charge in [-0.15, -0.1) is 0 Å². The van der Waals surface area contributed by atoms with E-state index in [1.165, 1.54) is 4.90 Å². The normalized spacial score (nSPS) is 14.3. The highest BCUT2D eigenvalue weighted by Gasteiger charge is 2.24. The van der Waals surface area contributed by atoms with E-state index < -0.39 is 0 Å². The molecule has 1 fully saturated rings. The first-order valence-electron chi connectivity index (χ1n) is 10.3. The summed E-state index contributed by atoms with van der Waals surface area (Å²) in [7, 11) is 0. The van der Waals surface area contributed by atoms with Crippen molar-refractivity contribution >= 4 is 28.9 Å². The van der Waals surface area contributed by atoms with Gasteiger partial charge in [-0.05, 0) is 42.5 Å². The first-order valence-corrected chi connectivity index (χ1v) is 10.6. The van der Waals surface area contributed by atoms with Gasteiger partial charge in [0.15, 0.2) is 12.3 Å². The summed E-state index contributed by atoms with van der Waals surface area (Å²) in [6, 6.07) is 21.9. The largest absolute Gasteiger partial charge is 0.506 e. The zero-order valence-corrected chi connectivity index (χ0v) is 17.8. The summed E-state index contributed by atoms with van der Waals surface area (Å²) in [4.78, 5) is 16.1. The van der Waals surface area contributed by atoms with Gasteiger partial charge in [0.1, 0.15) is 11.5 Å². The maximum absolute atomic E-state index is 12.7. The first-order chi connectivity index (χ1) is 15.1. The van der Waals surface area contributed by atoms with E-state index >= 15 is 0 Å². The van der Waals surface area contributed by atoms with Crippen LogP contribution in [0, 0.1) is 0 Å². The van der Waals surface area contributed by atoms with Crippen molar-refractivity contribution in [3.8, 4) is 17.2 Å². The molecule has 0 bridgehead atoms. The van der Waals surface area contributed by atoms with Crippen molar-refractivity contribution in [2.75, 3.05) is 42.9 Å². The molecular weight excluding hydrogens is 414 g/mol. The number of nitrogens with one attached hydrogen (secondary N) is 2. The molecule has 1 amide bonds. The number of carbonyl (C=O) groups excluding carboxylic acids is 1. The van der Waals surface area contributed by atoms with Crippen LogP contribution in [-0.4, -0.2) is 43.7 Å². The fourth-order valence-corrected chi connectivity index (χ4v) is 3.87. The van der Waals surface area contributed by atoms with Gasteiger partial charge < -0.3 is 25.0 Å². The van der Waals surface area contributed by atoms with Crippen molar-refractivity contribution < 1.29 is 19.5 Å². The molecular formula is C24H25ClN3O3+. The van der Waals surface area contributed by atoms with Gasteiger partial charge in [-0.1, -0.05) is 41.9 Å². The standard InChI is InChI=1S/C24H24ClN3O3/c25-18-10-11-23(31-19-6-2-1-3-7-19)20(16-18)26-24(30)17-27-12-14-28(15-13-27)21-8-4-5-9-22(21)29/h1-11,16,29H,12-15,17H2,(H,26,30)/p+1. The number of hydrogen-bond donors (Lipinski definition) is 3. The Morgan fingerprint density at radius 3 is 2.48 bits per heavy atom. The fourth-order valence-electron chi connectivity index (χ4n) is 3.70.